The van der Waals surface area contributed by atoms with Gasteiger partial charge < -0.3 is 9.47 Å². The van der Waals surface area contributed by atoms with E-state index >= 15 is 0 Å². The van der Waals surface area contributed by atoms with Crippen molar-refractivity contribution in [2.45, 2.75) is 109 Å². The van der Waals surface area contributed by atoms with E-state index in [0.29, 0.717) is 19.4 Å². The fraction of sp³-hybridized carbons (Fsp3) is 0.692. The van der Waals surface area contributed by atoms with E-state index in [2.05, 4.69) is 6.92 Å². The van der Waals surface area contributed by atoms with Crippen LogP contribution in [0.25, 0.3) is 0 Å². The molecule has 7 heteroatoms. The zero-order valence-electron chi connectivity index (χ0n) is 19.8. The Morgan fingerprint density at radius 2 is 1.27 bits per heavy atom. The molecule has 0 aromatic heterocycles. The van der Waals surface area contributed by atoms with Crippen LogP contribution >= 0.6 is 0 Å². The van der Waals surface area contributed by atoms with Gasteiger partial charge in [0.1, 0.15) is 0 Å². The molecule has 0 aliphatic rings. The SMILES string of the molecule is CCCCCCCCOC(=O)CCCCCCCCC(=O)OC(c1ccccc1)C(F)(F)F. The lowest BCUT2D eigenvalue weighted by Crippen LogP contribution is -2.26. The highest BCUT2D eigenvalue weighted by Crippen LogP contribution is 2.36. The number of ether oxygens (including phenoxy) is 2. The first-order chi connectivity index (χ1) is 15.8. The highest BCUT2D eigenvalue weighted by Gasteiger charge is 2.43. The van der Waals surface area contributed by atoms with Gasteiger partial charge in [-0.2, -0.15) is 13.2 Å². The van der Waals surface area contributed by atoms with Crippen molar-refractivity contribution in [3.8, 4) is 0 Å². The van der Waals surface area contributed by atoms with Crippen LogP contribution in [0.15, 0.2) is 30.3 Å². The summed E-state index contributed by atoms with van der Waals surface area (Å²) in [6, 6.07) is 7.18. The Morgan fingerprint density at radius 1 is 0.758 bits per heavy atom. The van der Waals surface area contributed by atoms with E-state index in [9.17, 15) is 22.8 Å². The van der Waals surface area contributed by atoms with Crippen molar-refractivity contribution in [3.63, 3.8) is 0 Å². The average molecular weight is 473 g/mol. The number of hydrogen-bond acceptors (Lipinski definition) is 4. The second-order valence-electron chi connectivity index (χ2n) is 8.43. The molecule has 0 saturated heterocycles. The summed E-state index contributed by atoms with van der Waals surface area (Å²) in [6.07, 6.45) is 5.10. The molecule has 0 bridgehead atoms. The van der Waals surface area contributed by atoms with Gasteiger partial charge in [-0.25, -0.2) is 0 Å². The first-order valence-corrected chi connectivity index (χ1v) is 12.3. The van der Waals surface area contributed by atoms with Crippen LogP contribution in [0.2, 0.25) is 0 Å². The first-order valence-electron chi connectivity index (χ1n) is 12.3. The zero-order chi connectivity index (χ0) is 24.4. The Balaban J connectivity index is 2.04. The minimum absolute atomic E-state index is 0.0375. The van der Waals surface area contributed by atoms with Crippen molar-refractivity contribution in [2.75, 3.05) is 6.61 Å². The second kappa shape index (κ2) is 17.4. The molecule has 0 aliphatic carbocycles. The molecular formula is C26H39F3O4. The Morgan fingerprint density at radius 3 is 1.85 bits per heavy atom. The van der Waals surface area contributed by atoms with Gasteiger partial charge in [-0.15, -0.1) is 0 Å². The molecule has 188 valence electrons. The summed E-state index contributed by atoms with van der Waals surface area (Å²) in [5.41, 5.74) is -0.0798. The monoisotopic (exact) mass is 472 g/mol. The third-order valence-corrected chi connectivity index (χ3v) is 5.42. The molecule has 0 aliphatic heterocycles. The van der Waals surface area contributed by atoms with E-state index < -0.39 is 18.2 Å². The van der Waals surface area contributed by atoms with Gasteiger partial charge in [-0.1, -0.05) is 95.0 Å². The lowest BCUT2D eigenvalue weighted by atomic mass is 10.1. The minimum Gasteiger partial charge on any atom is -0.466 e. The number of unbranched alkanes of at least 4 members (excludes halogenated alkanes) is 10. The maximum Gasteiger partial charge on any atom is 0.429 e. The highest BCUT2D eigenvalue weighted by molar-refractivity contribution is 5.70. The molecular weight excluding hydrogens is 433 g/mol. The summed E-state index contributed by atoms with van der Waals surface area (Å²) in [4.78, 5) is 23.6. The van der Waals surface area contributed by atoms with Crippen LogP contribution < -0.4 is 0 Å². The third-order valence-electron chi connectivity index (χ3n) is 5.42. The molecule has 33 heavy (non-hydrogen) atoms. The van der Waals surface area contributed by atoms with Crippen LogP contribution in [0.1, 0.15) is 108 Å². The summed E-state index contributed by atoms with van der Waals surface area (Å²) < 4.78 is 49.6. The maximum atomic E-state index is 13.2. The number of carbonyl (C=O) groups excluding carboxylic acids is 2. The molecule has 0 saturated carbocycles. The number of carbonyl (C=O) groups is 2. The number of alkyl halides is 3. The van der Waals surface area contributed by atoms with E-state index in [0.717, 1.165) is 44.9 Å². The lowest BCUT2D eigenvalue weighted by molar-refractivity contribution is -0.224. The lowest BCUT2D eigenvalue weighted by Gasteiger charge is -2.21. The fourth-order valence-corrected chi connectivity index (χ4v) is 3.53. The van der Waals surface area contributed by atoms with E-state index in [1.165, 1.54) is 49.9 Å². The van der Waals surface area contributed by atoms with Gasteiger partial charge in [0, 0.05) is 18.4 Å². The largest absolute Gasteiger partial charge is 0.466 e. The Bertz CT molecular complexity index is 647. The van der Waals surface area contributed by atoms with Gasteiger partial charge in [-0.05, 0) is 19.3 Å². The third kappa shape index (κ3) is 14.7. The minimum atomic E-state index is -4.65. The molecule has 1 rings (SSSR count). The van der Waals surface area contributed by atoms with Crippen LogP contribution in [-0.4, -0.2) is 24.7 Å². The Labute approximate surface area is 196 Å². The van der Waals surface area contributed by atoms with Crippen molar-refractivity contribution in [3.05, 3.63) is 35.9 Å². The highest BCUT2D eigenvalue weighted by atomic mass is 19.4. The maximum absolute atomic E-state index is 13.2. The van der Waals surface area contributed by atoms with E-state index in [4.69, 9.17) is 9.47 Å². The molecule has 1 aromatic rings. The van der Waals surface area contributed by atoms with Crippen LogP contribution in [-0.2, 0) is 19.1 Å². The smallest absolute Gasteiger partial charge is 0.429 e. The average Bonchev–Trinajstić information content (AvgIpc) is 2.78. The van der Waals surface area contributed by atoms with Crippen molar-refractivity contribution in [2.24, 2.45) is 0 Å². The standard InChI is InChI=1S/C26H39F3O4/c1-2-3-4-5-10-16-21-32-23(30)19-14-8-6-7-9-15-20-24(31)33-25(26(27,28)29)22-17-12-11-13-18-22/h11-13,17-18,25H,2-10,14-16,19-21H2,1H3. The van der Waals surface area contributed by atoms with E-state index in [1.807, 2.05) is 0 Å². The quantitative estimate of drug-likeness (QED) is 0.161. The number of esters is 2. The number of benzene rings is 1. The Kier molecular flexibility index (Phi) is 15.3. The molecule has 0 amide bonds. The van der Waals surface area contributed by atoms with Gasteiger partial charge in [0.2, 0.25) is 6.10 Å². The summed E-state index contributed by atoms with van der Waals surface area (Å²) >= 11 is 0. The molecule has 4 nitrogen and oxygen atoms in total. The molecule has 1 atom stereocenters. The predicted octanol–water partition coefficient (Wildman–Crippen LogP) is 7.86. The van der Waals surface area contributed by atoms with Gasteiger partial charge in [-0.3, -0.25) is 9.59 Å². The van der Waals surface area contributed by atoms with Crippen molar-refractivity contribution in [1.29, 1.82) is 0 Å². The van der Waals surface area contributed by atoms with Gasteiger partial charge in [0.25, 0.3) is 0 Å². The van der Waals surface area contributed by atoms with Gasteiger partial charge in [0.05, 0.1) is 6.61 Å². The van der Waals surface area contributed by atoms with Crippen LogP contribution in [0.3, 0.4) is 0 Å². The summed E-state index contributed by atoms with van der Waals surface area (Å²) in [5, 5.41) is 0. The molecule has 1 aromatic carbocycles. The summed E-state index contributed by atoms with van der Waals surface area (Å²) in [7, 11) is 0. The molecule has 0 spiro atoms. The topological polar surface area (TPSA) is 52.6 Å². The Hall–Kier alpha value is -2.05. The number of rotatable bonds is 18. The fourth-order valence-electron chi connectivity index (χ4n) is 3.53. The molecule has 0 fully saturated rings. The first kappa shape index (κ1) is 29.0. The number of hydrogen-bond donors (Lipinski definition) is 0. The summed E-state index contributed by atoms with van der Waals surface area (Å²) in [5.74, 6) is -0.988. The zero-order valence-corrected chi connectivity index (χ0v) is 19.8. The van der Waals surface area contributed by atoms with Crippen molar-refractivity contribution < 1.29 is 32.2 Å². The predicted molar refractivity (Wildman–Crippen MR) is 123 cm³/mol. The van der Waals surface area contributed by atoms with Crippen molar-refractivity contribution >= 4 is 11.9 Å². The van der Waals surface area contributed by atoms with Crippen LogP contribution in [0.4, 0.5) is 13.2 Å². The van der Waals surface area contributed by atoms with E-state index in [1.54, 1.807) is 6.07 Å². The second-order valence-corrected chi connectivity index (χ2v) is 8.43. The van der Waals surface area contributed by atoms with Gasteiger partial charge >= 0.3 is 18.1 Å². The molecule has 1 unspecified atom stereocenters. The van der Waals surface area contributed by atoms with Gasteiger partial charge in [0.15, 0.2) is 0 Å². The normalized spacial score (nSPS) is 12.4. The molecule has 0 N–H and O–H groups in total. The summed E-state index contributed by atoms with van der Waals surface area (Å²) in [6.45, 7) is 2.68. The van der Waals surface area contributed by atoms with E-state index in [-0.39, 0.29) is 18.0 Å². The molecule has 0 heterocycles. The number of halogens is 3. The van der Waals surface area contributed by atoms with Crippen LogP contribution in [0, 0.1) is 0 Å². The molecule has 0 radical (unpaired) electrons. The van der Waals surface area contributed by atoms with Crippen LogP contribution in [0.5, 0.6) is 0 Å². The van der Waals surface area contributed by atoms with Crippen molar-refractivity contribution in [1.82, 2.24) is 0 Å².